The molecule has 2 unspecified atom stereocenters. The van der Waals surface area contributed by atoms with Gasteiger partial charge in [-0.3, -0.25) is 4.90 Å². The highest BCUT2D eigenvalue weighted by Crippen LogP contribution is 2.33. The molecular formula is C22H31IN4O. The van der Waals surface area contributed by atoms with Gasteiger partial charge >= 0.3 is 0 Å². The monoisotopic (exact) mass is 494 g/mol. The summed E-state index contributed by atoms with van der Waals surface area (Å²) in [6, 6.07) is 16.3. The number of hydrogen-bond acceptors (Lipinski definition) is 3. The summed E-state index contributed by atoms with van der Waals surface area (Å²) < 4.78 is 5.43. The first-order valence-electron chi connectivity index (χ1n) is 10.1. The summed E-state index contributed by atoms with van der Waals surface area (Å²) in [5.41, 5.74) is 1.23. The second kappa shape index (κ2) is 10.3. The van der Waals surface area contributed by atoms with E-state index in [-0.39, 0.29) is 24.0 Å². The van der Waals surface area contributed by atoms with Crippen molar-refractivity contribution in [1.82, 2.24) is 15.5 Å². The van der Waals surface area contributed by atoms with Crippen LogP contribution in [-0.4, -0.2) is 42.1 Å². The number of nitrogens with one attached hydrogen (secondary N) is 2. The highest BCUT2D eigenvalue weighted by molar-refractivity contribution is 14.0. The number of likely N-dealkylation sites (tertiary alicyclic amines) is 1. The van der Waals surface area contributed by atoms with Crippen molar-refractivity contribution in [2.24, 2.45) is 4.99 Å². The van der Waals surface area contributed by atoms with Crippen molar-refractivity contribution >= 4 is 29.9 Å². The van der Waals surface area contributed by atoms with E-state index in [0.717, 1.165) is 37.3 Å². The molecule has 2 atom stereocenters. The van der Waals surface area contributed by atoms with E-state index in [1.165, 1.54) is 24.8 Å². The predicted octanol–water partition coefficient (Wildman–Crippen LogP) is 3.80. The minimum atomic E-state index is 0. The molecule has 2 heterocycles. The SMILES string of the molecule is CC1CC(NC(=NCc2ccccc2)NCCc2ccco2)CN1C1CC1.I. The van der Waals surface area contributed by atoms with Gasteiger partial charge in [0.25, 0.3) is 0 Å². The maximum absolute atomic E-state index is 5.43. The van der Waals surface area contributed by atoms with E-state index in [9.17, 15) is 0 Å². The standard InChI is InChI=1S/C22H30N4O.HI/c1-17-14-19(16-26(17)20-9-10-20)25-22(23-12-11-21-8-5-13-27-21)24-15-18-6-3-2-4-7-18;/h2-8,13,17,19-20H,9-12,14-16H2,1H3,(H2,23,24,25);1H. The Morgan fingerprint density at radius 1 is 1.18 bits per heavy atom. The van der Waals surface area contributed by atoms with Gasteiger partial charge in [0.2, 0.25) is 0 Å². The van der Waals surface area contributed by atoms with Crippen molar-refractivity contribution in [3.8, 4) is 0 Å². The van der Waals surface area contributed by atoms with Gasteiger partial charge in [-0.25, -0.2) is 4.99 Å². The molecule has 1 saturated heterocycles. The lowest BCUT2D eigenvalue weighted by molar-refractivity contribution is 0.256. The van der Waals surface area contributed by atoms with E-state index in [1.807, 2.05) is 18.2 Å². The minimum Gasteiger partial charge on any atom is -0.469 e. The maximum atomic E-state index is 5.43. The van der Waals surface area contributed by atoms with E-state index < -0.39 is 0 Å². The lowest BCUT2D eigenvalue weighted by Crippen LogP contribution is -2.45. The molecule has 2 N–H and O–H groups in total. The van der Waals surface area contributed by atoms with Crippen LogP contribution in [0.25, 0.3) is 0 Å². The molecule has 2 aromatic rings. The molecule has 1 saturated carbocycles. The molecule has 2 aliphatic rings. The highest BCUT2D eigenvalue weighted by Gasteiger charge is 2.38. The van der Waals surface area contributed by atoms with Crippen LogP contribution in [-0.2, 0) is 13.0 Å². The third kappa shape index (κ3) is 5.98. The van der Waals surface area contributed by atoms with E-state index in [1.54, 1.807) is 6.26 Å². The molecule has 1 aliphatic heterocycles. The van der Waals surface area contributed by atoms with Crippen LogP contribution in [0, 0.1) is 0 Å². The Labute approximate surface area is 185 Å². The van der Waals surface area contributed by atoms with Crippen LogP contribution in [0.15, 0.2) is 58.1 Å². The van der Waals surface area contributed by atoms with Gasteiger partial charge in [-0.2, -0.15) is 0 Å². The summed E-state index contributed by atoms with van der Waals surface area (Å²) in [4.78, 5) is 7.49. The number of halogens is 1. The Morgan fingerprint density at radius 2 is 2.00 bits per heavy atom. The second-order valence-corrected chi connectivity index (χ2v) is 7.76. The summed E-state index contributed by atoms with van der Waals surface area (Å²) in [7, 11) is 0. The maximum Gasteiger partial charge on any atom is 0.191 e. The smallest absolute Gasteiger partial charge is 0.191 e. The third-order valence-electron chi connectivity index (χ3n) is 5.49. The zero-order valence-corrected chi connectivity index (χ0v) is 18.8. The van der Waals surface area contributed by atoms with E-state index in [4.69, 9.17) is 9.41 Å². The van der Waals surface area contributed by atoms with Crippen LogP contribution < -0.4 is 10.6 Å². The van der Waals surface area contributed by atoms with Crippen molar-refractivity contribution in [2.45, 2.75) is 57.3 Å². The van der Waals surface area contributed by atoms with Crippen molar-refractivity contribution in [1.29, 1.82) is 0 Å². The van der Waals surface area contributed by atoms with Crippen LogP contribution >= 0.6 is 24.0 Å². The molecule has 0 radical (unpaired) electrons. The van der Waals surface area contributed by atoms with Crippen molar-refractivity contribution in [3.63, 3.8) is 0 Å². The average Bonchev–Trinajstić information content (AvgIpc) is 3.26. The largest absolute Gasteiger partial charge is 0.469 e. The zero-order valence-electron chi connectivity index (χ0n) is 16.5. The number of benzene rings is 1. The zero-order chi connectivity index (χ0) is 18.5. The van der Waals surface area contributed by atoms with Gasteiger partial charge in [0.15, 0.2) is 5.96 Å². The molecule has 152 valence electrons. The van der Waals surface area contributed by atoms with Crippen molar-refractivity contribution in [3.05, 3.63) is 60.1 Å². The van der Waals surface area contributed by atoms with Crippen molar-refractivity contribution in [2.75, 3.05) is 13.1 Å². The topological polar surface area (TPSA) is 52.8 Å². The van der Waals surface area contributed by atoms with E-state index >= 15 is 0 Å². The molecule has 6 heteroatoms. The van der Waals surface area contributed by atoms with Crippen molar-refractivity contribution < 1.29 is 4.42 Å². The van der Waals surface area contributed by atoms with Crippen LogP contribution in [0.4, 0.5) is 0 Å². The third-order valence-corrected chi connectivity index (χ3v) is 5.49. The van der Waals surface area contributed by atoms with Crippen LogP contribution in [0.2, 0.25) is 0 Å². The molecule has 0 spiro atoms. The fourth-order valence-corrected chi connectivity index (χ4v) is 3.93. The lowest BCUT2D eigenvalue weighted by Gasteiger charge is -2.20. The number of nitrogens with zero attached hydrogens (tertiary/aromatic N) is 2. The Morgan fingerprint density at radius 3 is 2.71 bits per heavy atom. The van der Waals surface area contributed by atoms with Gasteiger partial charge in [-0.1, -0.05) is 30.3 Å². The molecule has 1 aromatic carbocycles. The minimum absolute atomic E-state index is 0. The molecule has 2 fully saturated rings. The fraction of sp³-hybridized carbons (Fsp3) is 0.500. The predicted molar refractivity (Wildman–Crippen MR) is 124 cm³/mol. The molecular weight excluding hydrogens is 463 g/mol. The number of furan rings is 1. The number of guanidine groups is 1. The van der Waals surface area contributed by atoms with Gasteiger partial charge < -0.3 is 15.1 Å². The molecule has 0 bridgehead atoms. The first-order valence-corrected chi connectivity index (χ1v) is 10.1. The van der Waals surface area contributed by atoms with Crippen LogP contribution in [0.3, 0.4) is 0 Å². The fourth-order valence-electron chi connectivity index (χ4n) is 3.93. The van der Waals surface area contributed by atoms with Crippen LogP contribution in [0.1, 0.15) is 37.5 Å². The van der Waals surface area contributed by atoms with Crippen LogP contribution in [0.5, 0.6) is 0 Å². The van der Waals surface area contributed by atoms with Gasteiger partial charge in [-0.05, 0) is 43.9 Å². The molecule has 4 rings (SSSR count). The normalized spacial score (nSPS) is 22.7. The number of aliphatic imine (C=N–C) groups is 1. The average molecular weight is 494 g/mol. The molecule has 5 nitrogen and oxygen atoms in total. The highest BCUT2D eigenvalue weighted by atomic mass is 127. The molecule has 0 amide bonds. The molecule has 28 heavy (non-hydrogen) atoms. The van der Waals surface area contributed by atoms with E-state index in [0.29, 0.717) is 18.6 Å². The summed E-state index contributed by atoms with van der Waals surface area (Å²) in [5, 5.41) is 7.17. The first kappa shape index (κ1) is 21.2. The Hall–Kier alpha value is -1.54. The van der Waals surface area contributed by atoms with Gasteiger partial charge in [0, 0.05) is 37.6 Å². The Bertz CT molecular complexity index is 730. The summed E-state index contributed by atoms with van der Waals surface area (Å²) in [6.45, 7) is 4.97. The lowest BCUT2D eigenvalue weighted by atomic mass is 10.2. The van der Waals surface area contributed by atoms with E-state index in [2.05, 4.69) is 46.7 Å². The Balaban J connectivity index is 0.00000225. The summed E-state index contributed by atoms with van der Waals surface area (Å²) >= 11 is 0. The molecule has 1 aliphatic carbocycles. The second-order valence-electron chi connectivity index (χ2n) is 7.76. The summed E-state index contributed by atoms with van der Waals surface area (Å²) in [6.07, 6.45) is 6.50. The molecule has 1 aromatic heterocycles. The number of hydrogen-bond donors (Lipinski definition) is 2. The first-order chi connectivity index (χ1) is 13.3. The number of rotatable bonds is 7. The quantitative estimate of drug-likeness (QED) is 0.350. The Kier molecular flexibility index (Phi) is 7.79. The van der Waals surface area contributed by atoms with Gasteiger partial charge in [0.1, 0.15) is 5.76 Å². The van der Waals surface area contributed by atoms with Gasteiger partial charge in [0.05, 0.1) is 12.8 Å². The van der Waals surface area contributed by atoms with Gasteiger partial charge in [-0.15, -0.1) is 24.0 Å². The summed E-state index contributed by atoms with van der Waals surface area (Å²) in [5.74, 6) is 1.90.